The Balaban J connectivity index is 2.69. The average molecular weight is 245 g/mol. The molecule has 0 aliphatic carbocycles. The second-order valence-corrected chi connectivity index (χ2v) is 4.17. The van der Waals surface area contributed by atoms with E-state index >= 15 is 0 Å². The minimum Gasteiger partial charge on any atom is -0.465 e. The highest BCUT2D eigenvalue weighted by Crippen LogP contribution is 2.29. The molecule has 5 heteroatoms. The quantitative estimate of drug-likeness (QED) is 0.823. The first-order valence-electron chi connectivity index (χ1n) is 5.61. The Kier molecular flexibility index (Phi) is 3.14. The lowest BCUT2D eigenvalue weighted by atomic mass is 9.99. The van der Waals surface area contributed by atoms with Crippen molar-refractivity contribution in [3.63, 3.8) is 0 Å². The SMILES string of the molecule is COC(=O)c1cnc(C)cc1-c1c(C)n[nH]c1C. The predicted octanol–water partition coefficient (Wildman–Crippen LogP) is 2.18. The zero-order valence-corrected chi connectivity index (χ0v) is 10.9. The number of ether oxygens (including phenoxy) is 1. The van der Waals surface area contributed by atoms with Crippen LogP contribution >= 0.6 is 0 Å². The normalized spacial score (nSPS) is 10.4. The maximum absolute atomic E-state index is 11.8. The Morgan fingerprint density at radius 1 is 1.33 bits per heavy atom. The molecule has 0 aliphatic heterocycles. The number of H-pyrrole nitrogens is 1. The molecule has 0 atom stereocenters. The van der Waals surface area contributed by atoms with E-state index in [0.717, 1.165) is 28.2 Å². The van der Waals surface area contributed by atoms with Gasteiger partial charge in [0, 0.05) is 28.7 Å². The number of esters is 1. The fourth-order valence-electron chi connectivity index (χ4n) is 1.99. The third-order valence-electron chi connectivity index (χ3n) is 2.84. The van der Waals surface area contributed by atoms with E-state index in [-0.39, 0.29) is 0 Å². The zero-order valence-electron chi connectivity index (χ0n) is 10.9. The molecule has 0 aliphatic rings. The van der Waals surface area contributed by atoms with Crippen molar-refractivity contribution in [3.8, 4) is 11.1 Å². The van der Waals surface area contributed by atoms with Gasteiger partial charge in [-0.2, -0.15) is 5.10 Å². The van der Waals surface area contributed by atoms with Crippen LogP contribution in [0.2, 0.25) is 0 Å². The Bertz CT molecular complexity index is 583. The highest BCUT2D eigenvalue weighted by Gasteiger charge is 2.18. The molecule has 0 spiro atoms. The van der Waals surface area contributed by atoms with Crippen molar-refractivity contribution in [1.82, 2.24) is 15.2 Å². The molecular weight excluding hydrogens is 230 g/mol. The smallest absolute Gasteiger partial charge is 0.340 e. The van der Waals surface area contributed by atoms with Crippen LogP contribution in [0.3, 0.4) is 0 Å². The van der Waals surface area contributed by atoms with E-state index in [2.05, 4.69) is 15.2 Å². The van der Waals surface area contributed by atoms with Crippen molar-refractivity contribution >= 4 is 5.97 Å². The number of pyridine rings is 1. The fraction of sp³-hybridized carbons (Fsp3) is 0.308. The molecule has 0 radical (unpaired) electrons. The van der Waals surface area contributed by atoms with E-state index in [1.54, 1.807) is 6.20 Å². The van der Waals surface area contributed by atoms with Crippen LogP contribution in [0.1, 0.15) is 27.4 Å². The van der Waals surface area contributed by atoms with E-state index in [0.29, 0.717) is 5.56 Å². The Morgan fingerprint density at radius 2 is 2.06 bits per heavy atom. The van der Waals surface area contributed by atoms with Gasteiger partial charge in [0.15, 0.2) is 0 Å². The third-order valence-corrected chi connectivity index (χ3v) is 2.84. The highest BCUT2D eigenvalue weighted by atomic mass is 16.5. The fourth-order valence-corrected chi connectivity index (χ4v) is 1.99. The summed E-state index contributed by atoms with van der Waals surface area (Å²) in [6, 6.07) is 1.87. The van der Waals surface area contributed by atoms with Gasteiger partial charge in [0.05, 0.1) is 18.4 Å². The molecule has 0 saturated heterocycles. The van der Waals surface area contributed by atoms with Gasteiger partial charge < -0.3 is 4.74 Å². The summed E-state index contributed by atoms with van der Waals surface area (Å²) in [5.74, 6) is -0.391. The van der Waals surface area contributed by atoms with Crippen molar-refractivity contribution in [2.24, 2.45) is 0 Å². The number of aryl methyl sites for hydroxylation is 3. The lowest BCUT2D eigenvalue weighted by molar-refractivity contribution is 0.0601. The molecule has 18 heavy (non-hydrogen) atoms. The summed E-state index contributed by atoms with van der Waals surface area (Å²) >= 11 is 0. The standard InChI is InChI=1S/C13H15N3O2/c1-7-5-10(11(6-14-7)13(17)18-4)12-8(2)15-16-9(12)3/h5-6H,1-4H3,(H,15,16). The number of aromatic amines is 1. The molecule has 0 amide bonds. The molecule has 0 saturated carbocycles. The molecule has 5 nitrogen and oxygen atoms in total. The molecule has 2 aromatic rings. The van der Waals surface area contributed by atoms with E-state index < -0.39 is 5.97 Å². The molecule has 2 rings (SSSR count). The van der Waals surface area contributed by atoms with Gasteiger partial charge in [-0.25, -0.2) is 4.79 Å². The lowest BCUT2D eigenvalue weighted by Crippen LogP contribution is -2.05. The minimum atomic E-state index is -0.391. The molecule has 1 N–H and O–H groups in total. The van der Waals surface area contributed by atoms with Gasteiger partial charge >= 0.3 is 5.97 Å². The van der Waals surface area contributed by atoms with E-state index in [1.165, 1.54) is 7.11 Å². The van der Waals surface area contributed by atoms with Crippen LogP contribution < -0.4 is 0 Å². The van der Waals surface area contributed by atoms with Gasteiger partial charge in [-0.1, -0.05) is 0 Å². The number of hydrogen-bond acceptors (Lipinski definition) is 4. The van der Waals surface area contributed by atoms with Crippen LogP contribution in [0.15, 0.2) is 12.3 Å². The molecule has 0 fully saturated rings. The Morgan fingerprint density at radius 3 is 2.61 bits per heavy atom. The first-order chi connectivity index (χ1) is 8.54. The second kappa shape index (κ2) is 4.60. The topological polar surface area (TPSA) is 67.9 Å². The van der Waals surface area contributed by atoms with Crippen LogP contribution in [-0.2, 0) is 4.74 Å². The van der Waals surface area contributed by atoms with Gasteiger partial charge in [0.2, 0.25) is 0 Å². The molecule has 0 aromatic carbocycles. The molecule has 94 valence electrons. The van der Waals surface area contributed by atoms with Crippen LogP contribution in [0.25, 0.3) is 11.1 Å². The summed E-state index contributed by atoms with van der Waals surface area (Å²) in [5, 5.41) is 7.07. The third kappa shape index (κ3) is 1.99. The molecule has 2 heterocycles. The van der Waals surface area contributed by atoms with Crippen molar-refractivity contribution in [2.75, 3.05) is 7.11 Å². The van der Waals surface area contributed by atoms with Crippen molar-refractivity contribution < 1.29 is 9.53 Å². The lowest BCUT2D eigenvalue weighted by Gasteiger charge is -2.08. The van der Waals surface area contributed by atoms with Gasteiger partial charge in [0.25, 0.3) is 0 Å². The minimum absolute atomic E-state index is 0.391. The van der Waals surface area contributed by atoms with E-state index in [4.69, 9.17) is 4.74 Å². The maximum Gasteiger partial charge on any atom is 0.340 e. The Labute approximate surface area is 105 Å². The number of hydrogen-bond donors (Lipinski definition) is 1. The van der Waals surface area contributed by atoms with Gasteiger partial charge in [-0.15, -0.1) is 0 Å². The highest BCUT2D eigenvalue weighted by molar-refractivity contribution is 5.97. The van der Waals surface area contributed by atoms with Crippen LogP contribution in [0.5, 0.6) is 0 Å². The maximum atomic E-state index is 11.8. The summed E-state index contributed by atoms with van der Waals surface area (Å²) in [7, 11) is 1.36. The Hall–Kier alpha value is -2.17. The molecule has 0 bridgehead atoms. The summed E-state index contributed by atoms with van der Waals surface area (Å²) in [6.07, 6.45) is 1.54. The summed E-state index contributed by atoms with van der Waals surface area (Å²) in [6.45, 7) is 5.71. The first kappa shape index (κ1) is 12.3. The molecular formula is C13H15N3O2. The van der Waals surface area contributed by atoms with Gasteiger partial charge in [0.1, 0.15) is 0 Å². The number of nitrogens with zero attached hydrogens (tertiary/aromatic N) is 2. The summed E-state index contributed by atoms with van der Waals surface area (Å²) in [5.41, 5.74) is 4.80. The number of carbonyl (C=O) groups is 1. The van der Waals surface area contributed by atoms with Crippen molar-refractivity contribution in [2.45, 2.75) is 20.8 Å². The summed E-state index contributed by atoms with van der Waals surface area (Å²) in [4.78, 5) is 15.9. The van der Waals surface area contributed by atoms with Gasteiger partial charge in [-0.3, -0.25) is 10.1 Å². The number of aromatic nitrogens is 3. The van der Waals surface area contributed by atoms with Crippen molar-refractivity contribution in [1.29, 1.82) is 0 Å². The largest absolute Gasteiger partial charge is 0.465 e. The number of rotatable bonds is 2. The second-order valence-electron chi connectivity index (χ2n) is 4.17. The monoisotopic (exact) mass is 245 g/mol. The summed E-state index contributed by atoms with van der Waals surface area (Å²) < 4.78 is 4.79. The number of nitrogens with one attached hydrogen (secondary N) is 1. The zero-order chi connectivity index (χ0) is 13.3. The van der Waals surface area contributed by atoms with Crippen molar-refractivity contribution in [3.05, 3.63) is 34.9 Å². The van der Waals surface area contributed by atoms with Crippen LogP contribution in [0.4, 0.5) is 0 Å². The number of carbonyl (C=O) groups excluding carboxylic acids is 1. The predicted molar refractivity (Wildman–Crippen MR) is 67.4 cm³/mol. The van der Waals surface area contributed by atoms with Crippen LogP contribution in [0, 0.1) is 20.8 Å². The van der Waals surface area contributed by atoms with E-state index in [1.807, 2.05) is 26.8 Å². The number of methoxy groups -OCH3 is 1. The van der Waals surface area contributed by atoms with Gasteiger partial charge in [-0.05, 0) is 26.8 Å². The molecule has 0 unspecified atom stereocenters. The first-order valence-corrected chi connectivity index (χ1v) is 5.61. The van der Waals surface area contributed by atoms with E-state index in [9.17, 15) is 4.79 Å². The molecule has 2 aromatic heterocycles. The average Bonchev–Trinajstić information content (AvgIpc) is 2.68. The van der Waals surface area contributed by atoms with Crippen LogP contribution in [-0.4, -0.2) is 28.3 Å².